The molecule has 2 saturated carbocycles. The molecule has 2 fully saturated rings. The summed E-state index contributed by atoms with van der Waals surface area (Å²) in [5, 5.41) is 0. The molecule has 0 nitrogen and oxygen atoms in total. The number of aryl methyl sites for hydroxylation is 2. The lowest BCUT2D eigenvalue weighted by atomic mass is 9.77. The first-order chi connectivity index (χ1) is 15.2. The van der Waals surface area contributed by atoms with E-state index in [2.05, 4.69) is 26.0 Å². The molecule has 0 N–H and O–H groups in total. The maximum absolute atomic E-state index is 14.7. The highest BCUT2D eigenvalue weighted by atomic mass is 19.1. The van der Waals surface area contributed by atoms with Crippen LogP contribution in [0.2, 0.25) is 0 Å². The van der Waals surface area contributed by atoms with E-state index in [0.717, 1.165) is 42.1 Å². The molecular weight excluding hydrogens is 379 g/mol. The molecule has 0 amide bonds. The molecule has 1 aromatic rings. The second-order valence-electron chi connectivity index (χ2n) is 11.1. The van der Waals surface area contributed by atoms with Crippen molar-refractivity contribution in [1.82, 2.24) is 0 Å². The topological polar surface area (TPSA) is 0 Å². The van der Waals surface area contributed by atoms with Gasteiger partial charge in [0.2, 0.25) is 0 Å². The lowest BCUT2D eigenvalue weighted by Gasteiger charge is -2.28. The number of unbranched alkanes of at least 4 members (excludes halogenated alkanes) is 2. The molecule has 0 aliphatic heterocycles. The molecule has 0 radical (unpaired) electrons. The van der Waals surface area contributed by atoms with Gasteiger partial charge < -0.3 is 0 Å². The van der Waals surface area contributed by atoms with E-state index in [9.17, 15) is 4.39 Å². The highest BCUT2D eigenvalue weighted by Crippen LogP contribution is 2.35. The summed E-state index contributed by atoms with van der Waals surface area (Å²) in [6, 6.07) is 6.16. The van der Waals surface area contributed by atoms with E-state index in [4.69, 9.17) is 0 Å². The van der Waals surface area contributed by atoms with Crippen LogP contribution in [0.15, 0.2) is 18.2 Å². The molecule has 3 rings (SSSR count). The van der Waals surface area contributed by atoms with Crippen molar-refractivity contribution in [3.63, 3.8) is 0 Å². The van der Waals surface area contributed by atoms with Crippen molar-refractivity contribution in [2.45, 2.75) is 129 Å². The number of hydrogen-bond donors (Lipinski definition) is 0. The number of benzene rings is 1. The van der Waals surface area contributed by atoms with Crippen molar-refractivity contribution in [3.05, 3.63) is 35.1 Å². The second kappa shape index (κ2) is 13.6. The molecule has 0 aromatic heterocycles. The average Bonchev–Trinajstić information content (AvgIpc) is 2.79. The molecule has 1 aromatic carbocycles. The summed E-state index contributed by atoms with van der Waals surface area (Å²) < 4.78 is 14.7. The molecule has 0 bridgehead atoms. The van der Waals surface area contributed by atoms with Gasteiger partial charge in [0.1, 0.15) is 5.82 Å². The van der Waals surface area contributed by atoms with E-state index in [1.54, 1.807) is 0 Å². The minimum absolute atomic E-state index is 0.0532. The molecule has 31 heavy (non-hydrogen) atoms. The number of halogens is 1. The Bertz CT molecular complexity index is 605. The van der Waals surface area contributed by atoms with Gasteiger partial charge in [0, 0.05) is 0 Å². The maximum atomic E-state index is 14.7. The molecule has 0 atom stereocenters. The predicted octanol–water partition coefficient (Wildman–Crippen LogP) is 9.68. The van der Waals surface area contributed by atoms with Crippen LogP contribution < -0.4 is 0 Å². The minimum atomic E-state index is 0.0532. The zero-order chi connectivity index (χ0) is 21.9. The monoisotopic (exact) mass is 428 g/mol. The second-order valence-corrected chi connectivity index (χ2v) is 11.1. The molecule has 0 spiro atoms. The Kier molecular flexibility index (Phi) is 10.9. The normalized spacial score (nSPS) is 26.8. The summed E-state index contributed by atoms with van der Waals surface area (Å²) >= 11 is 0. The standard InChI is InChI=1S/C30H49F/c1-3-5-6-8-25-11-15-27(16-12-25)19-21-29-22-20-28(23-30(29)31)18-17-26-13-9-24(7-4-2)10-14-26/h20,22-27H,3-19,21H2,1-2H3/t24-,25-,26-,27-. The minimum Gasteiger partial charge on any atom is -0.207 e. The van der Waals surface area contributed by atoms with Crippen molar-refractivity contribution in [2.75, 3.05) is 0 Å². The molecule has 2 aliphatic carbocycles. The molecule has 0 heterocycles. The highest BCUT2D eigenvalue weighted by molar-refractivity contribution is 5.25. The largest absolute Gasteiger partial charge is 0.207 e. The van der Waals surface area contributed by atoms with Crippen molar-refractivity contribution >= 4 is 0 Å². The molecule has 0 unspecified atom stereocenters. The Morgan fingerprint density at radius 2 is 1.19 bits per heavy atom. The first kappa shape index (κ1) is 24.8. The van der Waals surface area contributed by atoms with Crippen molar-refractivity contribution in [1.29, 1.82) is 0 Å². The van der Waals surface area contributed by atoms with Gasteiger partial charge in [-0.05, 0) is 66.5 Å². The van der Waals surface area contributed by atoms with Gasteiger partial charge in [0.15, 0.2) is 0 Å². The smallest absolute Gasteiger partial charge is 0.126 e. The van der Waals surface area contributed by atoms with Crippen molar-refractivity contribution < 1.29 is 4.39 Å². The van der Waals surface area contributed by atoms with Gasteiger partial charge in [-0.15, -0.1) is 0 Å². The third kappa shape index (κ3) is 8.54. The zero-order valence-electron chi connectivity index (χ0n) is 20.6. The lowest BCUT2D eigenvalue weighted by Crippen LogP contribution is -2.15. The SMILES string of the molecule is CCCCC[C@H]1CC[C@H](CCc2ccc(CC[C@H]3CC[C@H](CCC)CC3)cc2F)CC1. The quantitative estimate of drug-likeness (QED) is 0.291. The van der Waals surface area contributed by atoms with Gasteiger partial charge in [-0.3, -0.25) is 0 Å². The van der Waals surface area contributed by atoms with E-state index < -0.39 is 0 Å². The maximum Gasteiger partial charge on any atom is 0.126 e. The van der Waals surface area contributed by atoms with Crippen molar-refractivity contribution in [3.8, 4) is 0 Å². The Morgan fingerprint density at radius 3 is 1.74 bits per heavy atom. The van der Waals surface area contributed by atoms with Gasteiger partial charge in [-0.25, -0.2) is 4.39 Å². The summed E-state index contributed by atoms with van der Waals surface area (Å²) in [6.45, 7) is 4.60. The zero-order valence-corrected chi connectivity index (χ0v) is 20.6. The Labute approximate surface area is 192 Å². The Hall–Kier alpha value is -0.850. The molecule has 2 aliphatic rings. The van der Waals surface area contributed by atoms with Crippen LogP contribution in [-0.2, 0) is 12.8 Å². The highest BCUT2D eigenvalue weighted by Gasteiger charge is 2.22. The summed E-state index contributed by atoms with van der Waals surface area (Å²) in [6.07, 6.45) is 24.0. The van der Waals surface area contributed by atoms with Crippen LogP contribution >= 0.6 is 0 Å². The summed E-state index contributed by atoms with van der Waals surface area (Å²) in [5.74, 6) is 3.70. The lowest BCUT2D eigenvalue weighted by molar-refractivity contribution is 0.248. The number of hydrogen-bond acceptors (Lipinski definition) is 0. The Balaban J connectivity index is 1.34. The fourth-order valence-electron chi connectivity index (χ4n) is 6.39. The van der Waals surface area contributed by atoms with Gasteiger partial charge in [-0.1, -0.05) is 116 Å². The van der Waals surface area contributed by atoms with Crippen LogP contribution in [0.4, 0.5) is 4.39 Å². The van der Waals surface area contributed by atoms with Crippen LogP contribution in [-0.4, -0.2) is 0 Å². The summed E-state index contributed by atoms with van der Waals surface area (Å²) in [7, 11) is 0. The van der Waals surface area contributed by atoms with Gasteiger partial charge in [0.05, 0.1) is 0 Å². The molecule has 0 saturated heterocycles. The fourth-order valence-corrected chi connectivity index (χ4v) is 6.39. The predicted molar refractivity (Wildman–Crippen MR) is 133 cm³/mol. The molecule has 1 heteroatoms. The fraction of sp³-hybridized carbons (Fsp3) is 0.800. The number of rotatable bonds is 12. The van der Waals surface area contributed by atoms with Gasteiger partial charge >= 0.3 is 0 Å². The molecular formula is C30H49F. The van der Waals surface area contributed by atoms with Crippen molar-refractivity contribution in [2.24, 2.45) is 23.7 Å². The van der Waals surface area contributed by atoms with Crippen LogP contribution in [0, 0.1) is 29.5 Å². The first-order valence-electron chi connectivity index (χ1n) is 13.9. The average molecular weight is 429 g/mol. The first-order valence-corrected chi connectivity index (χ1v) is 13.9. The van der Waals surface area contributed by atoms with E-state index in [0.29, 0.717) is 0 Å². The van der Waals surface area contributed by atoms with Gasteiger partial charge in [0.25, 0.3) is 0 Å². The van der Waals surface area contributed by atoms with Crippen LogP contribution in [0.3, 0.4) is 0 Å². The Morgan fingerprint density at radius 1 is 0.645 bits per heavy atom. The van der Waals surface area contributed by atoms with Gasteiger partial charge in [-0.2, -0.15) is 0 Å². The third-order valence-electron chi connectivity index (χ3n) is 8.63. The van der Waals surface area contributed by atoms with E-state index in [1.807, 2.05) is 6.07 Å². The van der Waals surface area contributed by atoms with Crippen LogP contribution in [0.1, 0.15) is 128 Å². The molecule has 176 valence electrons. The third-order valence-corrected chi connectivity index (χ3v) is 8.63. The van der Waals surface area contributed by atoms with E-state index >= 15 is 0 Å². The van der Waals surface area contributed by atoms with Crippen LogP contribution in [0.5, 0.6) is 0 Å². The van der Waals surface area contributed by atoms with Crippen LogP contribution in [0.25, 0.3) is 0 Å². The summed E-state index contributed by atoms with van der Waals surface area (Å²) in [4.78, 5) is 0. The van der Waals surface area contributed by atoms with E-state index in [1.165, 1.54) is 108 Å². The summed E-state index contributed by atoms with van der Waals surface area (Å²) in [5.41, 5.74) is 2.17. The van der Waals surface area contributed by atoms with E-state index in [-0.39, 0.29) is 5.82 Å².